The molecule has 6 heteroatoms. The Labute approximate surface area is 141 Å². The largest absolute Gasteiger partial charge is 0.354 e. The fraction of sp³-hybridized carbons (Fsp3) is 0.444. The molecular weight excluding hydrogens is 304 g/mol. The normalized spacial score (nSPS) is 18.3. The van der Waals surface area contributed by atoms with E-state index in [9.17, 15) is 9.59 Å². The van der Waals surface area contributed by atoms with Gasteiger partial charge in [0.05, 0.1) is 5.52 Å². The average molecular weight is 328 g/mol. The summed E-state index contributed by atoms with van der Waals surface area (Å²) in [6.45, 7) is 6.03. The van der Waals surface area contributed by atoms with Crippen molar-refractivity contribution in [2.75, 3.05) is 18.4 Å². The van der Waals surface area contributed by atoms with Gasteiger partial charge in [-0.05, 0) is 43.4 Å². The Hall–Kier alpha value is -2.50. The van der Waals surface area contributed by atoms with E-state index in [4.69, 9.17) is 0 Å². The van der Waals surface area contributed by atoms with Crippen LogP contribution >= 0.6 is 0 Å². The smallest absolute Gasteiger partial charge is 0.322 e. The van der Waals surface area contributed by atoms with Crippen LogP contribution < -0.4 is 10.6 Å². The van der Waals surface area contributed by atoms with Gasteiger partial charge < -0.3 is 20.1 Å². The van der Waals surface area contributed by atoms with Gasteiger partial charge in [-0.25, -0.2) is 4.79 Å². The van der Waals surface area contributed by atoms with Crippen molar-refractivity contribution in [3.05, 3.63) is 30.5 Å². The number of hydrogen-bond acceptors (Lipinski definition) is 2. The van der Waals surface area contributed by atoms with Crippen molar-refractivity contribution in [2.45, 2.75) is 39.3 Å². The lowest BCUT2D eigenvalue weighted by molar-refractivity contribution is -0.124. The quantitative estimate of drug-likeness (QED) is 0.910. The van der Waals surface area contributed by atoms with E-state index in [2.05, 4.69) is 34.4 Å². The van der Waals surface area contributed by atoms with Crippen LogP contribution in [0.3, 0.4) is 0 Å². The third-order valence-corrected chi connectivity index (χ3v) is 4.47. The Morgan fingerprint density at radius 2 is 2.21 bits per heavy atom. The van der Waals surface area contributed by atoms with E-state index in [0.29, 0.717) is 13.1 Å². The van der Waals surface area contributed by atoms with Gasteiger partial charge in [-0.2, -0.15) is 0 Å². The average Bonchev–Trinajstić information content (AvgIpc) is 2.88. The molecule has 2 heterocycles. The summed E-state index contributed by atoms with van der Waals surface area (Å²) in [7, 11) is 0. The van der Waals surface area contributed by atoms with Gasteiger partial charge in [0.25, 0.3) is 0 Å². The maximum atomic E-state index is 12.6. The van der Waals surface area contributed by atoms with Gasteiger partial charge >= 0.3 is 6.03 Å². The number of benzene rings is 1. The topological polar surface area (TPSA) is 66.4 Å². The highest BCUT2D eigenvalue weighted by Crippen LogP contribution is 2.21. The SMILES string of the molecule is CCCn1ccc2ccc(NC(=O)N3CCCNC(=O)[C@@H]3C)cc21. The maximum Gasteiger partial charge on any atom is 0.322 e. The lowest BCUT2D eigenvalue weighted by atomic mass is 10.2. The molecule has 1 saturated heterocycles. The van der Waals surface area contributed by atoms with Crippen LogP contribution in [0.15, 0.2) is 30.5 Å². The van der Waals surface area contributed by atoms with Gasteiger partial charge in [0, 0.05) is 31.5 Å². The molecule has 128 valence electrons. The minimum atomic E-state index is -0.458. The Morgan fingerprint density at radius 3 is 3.00 bits per heavy atom. The Kier molecular flexibility index (Phi) is 4.74. The molecule has 1 aliphatic rings. The summed E-state index contributed by atoms with van der Waals surface area (Å²) in [5, 5.41) is 6.91. The summed E-state index contributed by atoms with van der Waals surface area (Å²) >= 11 is 0. The van der Waals surface area contributed by atoms with Crippen molar-refractivity contribution in [1.29, 1.82) is 0 Å². The number of carbonyl (C=O) groups excluding carboxylic acids is 2. The van der Waals surface area contributed by atoms with Gasteiger partial charge in [-0.3, -0.25) is 4.79 Å². The van der Waals surface area contributed by atoms with Crippen LogP contribution in [0.1, 0.15) is 26.7 Å². The van der Waals surface area contributed by atoms with E-state index in [-0.39, 0.29) is 11.9 Å². The fourth-order valence-corrected chi connectivity index (χ4v) is 3.11. The third kappa shape index (κ3) is 3.22. The first-order valence-electron chi connectivity index (χ1n) is 8.54. The molecule has 3 rings (SSSR count). The van der Waals surface area contributed by atoms with E-state index < -0.39 is 6.04 Å². The highest BCUT2D eigenvalue weighted by molar-refractivity contribution is 5.95. The summed E-state index contributed by atoms with van der Waals surface area (Å²) in [4.78, 5) is 26.1. The minimum absolute atomic E-state index is 0.102. The first-order valence-corrected chi connectivity index (χ1v) is 8.54. The number of urea groups is 1. The molecule has 1 aromatic carbocycles. The molecule has 24 heavy (non-hydrogen) atoms. The van der Waals surface area contributed by atoms with Gasteiger partial charge in [0.1, 0.15) is 6.04 Å². The van der Waals surface area contributed by atoms with Crippen LogP contribution in [0.2, 0.25) is 0 Å². The zero-order valence-corrected chi connectivity index (χ0v) is 14.2. The van der Waals surface area contributed by atoms with Gasteiger partial charge in [0.15, 0.2) is 0 Å². The highest BCUT2D eigenvalue weighted by atomic mass is 16.2. The van der Waals surface area contributed by atoms with Crippen LogP contribution in [0.25, 0.3) is 10.9 Å². The van der Waals surface area contributed by atoms with Crippen LogP contribution in [-0.4, -0.2) is 40.5 Å². The number of amides is 3. The molecule has 3 amide bonds. The molecule has 0 aliphatic carbocycles. The number of fused-ring (bicyclic) bond motifs is 1. The predicted octanol–water partition coefficient (Wildman–Crippen LogP) is 2.79. The van der Waals surface area contributed by atoms with E-state index in [0.717, 1.165) is 36.0 Å². The first kappa shape index (κ1) is 16.4. The third-order valence-electron chi connectivity index (χ3n) is 4.47. The summed E-state index contributed by atoms with van der Waals surface area (Å²) in [6, 6.07) is 7.30. The van der Waals surface area contributed by atoms with E-state index in [1.54, 1.807) is 11.8 Å². The summed E-state index contributed by atoms with van der Waals surface area (Å²) < 4.78 is 2.19. The van der Waals surface area contributed by atoms with Crippen molar-refractivity contribution in [3.8, 4) is 0 Å². The van der Waals surface area contributed by atoms with Crippen molar-refractivity contribution in [1.82, 2.24) is 14.8 Å². The fourth-order valence-electron chi connectivity index (χ4n) is 3.11. The number of rotatable bonds is 3. The molecule has 0 bridgehead atoms. The van der Waals surface area contributed by atoms with Gasteiger partial charge in [-0.15, -0.1) is 0 Å². The maximum absolute atomic E-state index is 12.6. The zero-order chi connectivity index (χ0) is 17.1. The monoisotopic (exact) mass is 328 g/mol. The first-order chi connectivity index (χ1) is 11.6. The second-order valence-electron chi connectivity index (χ2n) is 6.23. The molecule has 1 atom stereocenters. The summed E-state index contributed by atoms with van der Waals surface area (Å²) in [6.07, 6.45) is 3.89. The molecule has 1 aromatic heterocycles. The minimum Gasteiger partial charge on any atom is -0.354 e. The van der Waals surface area contributed by atoms with Crippen molar-refractivity contribution < 1.29 is 9.59 Å². The number of aromatic nitrogens is 1. The van der Waals surface area contributed by atoms with E-state index in [1.807, 2.05) is 18.2 Å². The van der Waals surface area contributed by atoms with E-state index in [1.165, 1.54) is 0 Å². The second-order valence-corrected chi connectivity index (χ2v) is 6.23. The summed E-state index contributed by atoms with van der Waals surface area (Å²) in [5.74, 6) is -0.102. The number of carbonyl (C=O) groups is 2. The molecule has 0 saturated carbocycles. The molecule has 1 aliphatic heterocycles. The zero-order valence-electron chi connectivity index (χ0n) is 14.2. The Bertz CT molecular complexity index is 753. The van der Waals surface area contributed by atoms with E-state index >= 15 is 0 Å². The number of hydrogen-bond donors (Lipinski definition) is 2. The van der Waals surface area contributed by atoms with Crippen molar-refractivity contribution in [3.63, 3.8) is 0 Å². The van der Waals surface area contributed by atoms with Gasteiger partial charge in [-0.1, -0.05) is 13.0 Å². The van der Waals surface area contributed by atoms with Crippen molar-refractivity contribution >= 4 is 28.5 Å². The predicted molar refractivity (Wildman–Crippen MR) is 95.0 cm³/mol. The molecule has 0 spiro atoms. The highest BCUT2D eigenvalue weighted by Gasteiger charge is 2.27. The van der Waals surface area contributed by atoms with Crippen molar-refractivity contribution in [2.24, 2.45) is 0 Å². The number of nitrogens with zero attached hydrogens (tertiary/aromatic N) is 2. The molecule has 1 fully saturated rings. The molecule has 2 aromatic rings. The molecule has 6 nitrogen and oxygen atoms in total. The number of anilines is 1. The number of aryl methyl sites for hydroxylation is 1. The molecule has 2 N–H and O–H groups in total. The summed E-state index contributed by atoms with van der Waals surface area (Å²) in [5.41, 5.74) is 1.86. The Morgan fingerprint density at radius 1 is 1.38 bits per heavy atom. The van der Waals surface area contributed by atoms with Crippen LogP contribution in [-0.2, 0) is 11.3 Å². The molecular formula is C18H24N4O2. The van der Waals surface area contributed by atoms with Gasteiger partial charge in [0.2, 0.25) is 5.91 Å². The standard InChI is InChI=1S/C18H24N4O2/c1-3-9-21-11-7-14-5-6-15(12-16(14)21)20-18(24)22-10-4-8-19-17(23)13(22)2/h5-7,11-13H,3-4,8-10H2,1-2H3,(H,19,23)(H,20,24)/t13-/m0/s1. The second kappa shape index (κ2) is 6.95. The molecule has 0 radical (unpaired) electrons. The van der Waals surface area contributed by atoms with Crippen LogP contribution in [0.4, 0.5) is 10.5 Å². The lowest BCUT2D eigenvalue weighted by Gasteiger charge is -2.25. The number of nitrogens with one attached hydrogen (secondary N) is 2. The lowest BCUT2D eigenvalue weighted by Crippen LogP contribution is -2.47. The Balaban J connectivity index is 1.79. The van der Waals surface area contributed by atoms with Crippen LogP contribution in [0, 0.1) is 0 Å². The molecule has 0 unspecified atom stereocenters. The van der Waals surface area contributed by atoms with Crippen LogP contribution in [0.5, 0.6) is 0 Å².